The van der Waals surface area contributed by atoms with E-state index in [1.807, 2.05) is 6.08 Å². The Morgan fingerprint density at radius 2 is 1.88 bits per heavy atom. The van der Waals surface area contributed by atoms with Gasteiger partial charge < -0.3 is 14.8 Å². The minimum Gasteiger partial charge on any atom is -0.468 e. The number of methoxy groups -OCH3 is 2. The smallest absolute Gasteiger partial charge is 0.322 e. The zero-order valence-corrected chi connectivity index (χ0v) is 15.7. The van der Waals surface area contributed by atoms with E-state index in [9.17, 15) is 4.79 Å². The number of carbonyl (C=O) groups excluding carboxylic acids is 1. The lowest BCUT2D eigenvalue weighted by molar-refractivity contribution is -0.142. The molecule has 0 aromatic heterocycles. The fraction of sp³-hybridized carbons (Fsp3) is 0.381. The molecule has 4 nitrogen and oxygen atoms in total. The lowest BCUT2D eigenvalue weighted by atomic mass is 9.99. The minimum absolute atomic E-state index is 0.249. The molecule has 2 rings (SSSR count). The van der Waals surface area contributed by atoms with Gasteiger partial charge in [0, 0.05) is 13.7 Å². The molecule has 2 aromatic carbocycles. The van der Waals surface area contributed by atoms with Crippen molar-refractivity contribution in [2.24, 2.45) is 0 Å². The van der Waals surface area contributed by atoms with Gasteiger partial charge in [0.1, 0.15) is 6.04 Å². The quantitative estimate of drug-likeness (QED) is 0.613. The molecule has 0 fully saturated rings. The first-order valence-electron chi connectivity index (χ1n) is 8.51. The van der Waals surface area contributed by atoms with Crippen LogP contribution in [-0.2, 0) is 20.7 Å². The molecule has 0 amide bonds. The van der Waals surface area contributed by atoms with Gasteiger partial charge in [-0.05, 0) is 41.3 Å². The standard InChI is InChI=1S/C14H14.C7H15NO3/c1-3-11-9-13-7-5-6-8-14(13)10-12(11)4-2;1-6(7(9)11-3)8-4-5-10-2/h3,5-10H,1,4H2,2H3;6,8H,4-5H2,1-3H3. The second-order valence-electron chi connectivity index (χ2n) is 5.65. The van der Waals surface area contributed by atoms with E-state index in [2.05, 4.69) is 60.0 Å². The summed E-state index contributed by atoms with van der Waals surface area (Å²) in [4.78, 5) is 10.8. The Hall–Kier alpha value is -2.17. The summed E-state index contributed by atoms with van der Waals surface area (Å²) < 4.78 is 9.29. The summed E-state index contributed by atoms with van der Waals surface area (Å²) in [5.74, 6) is -0.249. The summed E-state index contributed by atoms with van der Waals surface area (Å²) in [5.41, 5.74) is 2.63. The predicted octanol–water partition coefficient (Wildman–Crippen LogP) is 3.83. The van der Waals surface area contributed by atoms with Crippen LogP contribution < -0.4 is 5.32 Å². The Labute approximate surface area is 150 Å². The van der Waals surface area contributed by atoms with E-state index in [1.165, 1.54) is 29.0 Å². The van der Waals surface area contributed by atoms with Crippen LogP contribution in [0.3, 0.4) is 0 Å². The summed E-state index contributed by atoms with van der Waals surface area (Å²) in [6.07, 6.45) is 3.00. The van der Waals surface area contributed by atoms with Gasteiger partial charge in [0.2, 0.25) is 0 Å². The maximum atomic E-state index is 10.8. The van der Waals surface area contributed by atoms with Crippen molar-refractivity contribution in [3.8, 4) is 0 Å². The van der Waals surface area contributed by atoms with Crippen LogP contribution in [0.2, 0.25) is 0 Å². The van der Waals surface area contributed by atoms with Crippen LogP contribution in [-0.4, -0.2) is 39.4 Å². The Morgan fingerprint density at radius 1 is 1.24 bits per heavy atom. The number of rotatable bonds is 7. The van der Waals surface area contributed by atoms with Crippen molar-refractivity contribution in [2.45, 2.75) is 26.3 Å². The molecular weight excluding hydrogens is 314 g/mol. The summed E-state index contributed by atoms with van der Waals surface area (Å²) in [6, 6.07) is 12.7. The summed E-state index contributed by atoms with van der Waals surface area (Å²) in [7, 11) is 2.99. The molecule has 0 spiro atoms. The highest BCUT2D eigenvalue weighted by atomic mass is 16.5. The molecule has 0 aliphatic carbocycles. The van der Waals surface area contributed by atoms with E-state index in [1.54, 1.807) is 14.0 Å². The number of ether oxygens (including phenoxy) is 2. The van der Waals surface area contributed by atoms with Gasteiger partial charge in [0.25, 0.3) is 0 Å². The zero-order valence-electron chi connectivity index (χ0n) is 15.7. The van der Waals surface area contributed by atoms with E-state index >= 15 is 0 Å². The summed E-state index contributed by atoms with van der Waals surface area (Å²) >= 11 is 0. The first kappa shape index (κ1) is 20.9. The van der Waals surface area contributed by atoms with Crippen LogP contribution in [0.15, 0.2) is 43.0 Å². The maximum absolute atomic E-state index is 10.8. The monoisotopic (exact) mass is 343 g/mol. The molecule has 0 saturated heterocycles. The van der Waals surface area contributed by atoms with Crippen molar-refractivity contribution in [2.75, 3.05) is 27.4 Å². The number of hydrogen-bond acceptors (Lipinski definition) is 4. The Kier molecular flexibility index (Phi) is 9.51. The lowest BCUT2D eigenvalue weighted by Crippen LogP contribution is -2.36. The van der Waals surface area contributed by atoms with Gasteiger partial charge >= 0.3 is 5.97 Å². The first-order valence-corrected chi connectivity index (χ1v) is 8.51. The number of benzene rings is 2. The molecule has 4 heteroatoms. The molecule has 1 unspecified atom stereocenters. The topological polar surface area (TPSA) is 47.6 Å². The molecular formula is C21H29NO3. The van der Waals surface area contributed by atoms with Crippen molar-refractivity contribution in [1.29, 1.82) is 0 Å². The fourth-order valence-corrected chi connectivity index (χ4v) is 2.44. The normalized spacial score (nSPS) is 11.4. The van der Waals surface area contributed by atoms with Crippen LogP contribution in [0.1, 0.15) is 25.0 Å². The van der Waals surface area contributed by atoms with Gasteiger partial charge in [-0.2, -0.15) is 0 Å². The fourth-order valence-electron chi connectivity index (χ4n) is 2.44. The highest BCUT2D eigenvalue weighted by molar-refractivity contribution is 5.85. The third kappa shape index (κ3) is 6.69. The van der Waals surface area contributed by atoms with Crippen molar-refractivity contribution < 1.29 is 14.3 Å². The van der Waals surface area contributed by atoms with E-state index < -0.39 is 0 Å². The predicted molar refractivity (Wildman–Crippen MR) is 105 cm³/mol. The largest absolute Gasteiger partial charge is 0.468 e. The van der Waals surface area contributed by atoms with Gasteiger partial charge in [0.05, 0.1) is 13.7 Å². The Morgan fingerprint density at radius 3 is 2.40 bits per heavy atom. The van der Waals surface area contributed by atoms with Gasteiger partial charge in [-0.15, -0.1) is 0 Å². The van der Waals surface area contributed by atoms with Crippen LogP contribution in [0.5, 0.6) is 0 Å². The molecule has 136 valence electrons. The Bertz CT molecular complexity index is 682. The SMILES string of the molecule is C=Cc1cc2ccccc2cc1CC.COCCNC(C)C(=O)OC. The average molecular weight is 343 g/mol. The third-order valence-corrected chi connectivity index (χ3v) is 3.92. The highest BCUT2D eigenvalue weighted by Gasteiger charge is 2.10. The molecule has 0 bridgehead atoms. The second kappa shape index (κ2) is 11.4. The second-order valence-corrected chi connectivity index (χ2v) is 5.65. The molecule has 0 heterocycles. The number of esters is 1. The van der Waals surface area contributed by atoms with Crippen LogP contribution in [0.4, 0.5) is 0 Å². The van der Waals surface area contributed by atoms with Gasteiger partial charge in [-0.25, -0.2) is 0 Å². The molecule has 0 radical (unpaired) electrons. The van der Waals surface area contributed by atoms with Gasteiger partial charge in [-0.3, -0.25) is 4.79 Å². The number of hydrogen-bond donors (Lipinski definition) is 1. The molecule has 0 aliphatic heterocycles. The number of aryl methyl sites for hydroxylation is 1. The highest BCUT2D eigenvalue weighted by Crippen LogP contribution is 2.21. The van der Waals surface area contributed by atoms with E-state index in [0.29, 0.717) is 13.2 Å². The van der Waals surface area contributed by atoms with Crippen molar-refractivity contribution in [3.63, 3.8) is 0 Å². The van der Waals surface area contributed by atoms with Gasteiger partial charge in [-0.1, -0.05) is 49.9 Å². The number of nitrogens with one attached hydrogen (secondary N) is 1. The molecule has 25 heavy (non-hydrogen) atoms. The van der Waals surface area contributed by atoms with Crippen LogP contribution in [0, 0.1) is 0 Å². The first-order chi connectivity index (χ1) is 12.1. The van der Waals surface area contributed by atoms with Crippen molar-refractivity contribution in [3.05, 3.63) is 54.1 Å². The third-order valence-electron chi connectivity index (χ3n) is 3.92. The van der Waals surface area contributed by atoms with E-state index in [4.69, 9.17) is 4.74 Å². The zero-order chi connectivity index (χ0) is 18.7. The molecule has 1 atom stereocenters. The molecule has 2 aromatic rings. The minimum atomic E-state index is -0.254. The lowest BCUT2D eigenvalue weighted by Gasteiger charge is -2.09. The Balaban J connectivity index is 0.000000260. The van der Waals surface area contributed by atoms with E-state index in [0.717, 1.165) is 6.42 Å². The van der Waals surface area contributed by atoms with Crippen molar-refractivity contribution >= 4 is 22.8 Å². The van der Waals surface area contributed by atoms with Crippen molar-refractivity contribution in [1.82, 2.24) is 5.32 Å². The molecule has 0 aliphatic rings. The van der Waals surface area contributed by atoms with Crippen LogP contribution in [0.25, 0.3) is 16.8 Å². The number of fused-ring (bicyclic) bond motifs is 1. The number of carbonyl (C=O) groups is 1. The maximum Gasteiger partial charge on any atom is 0.322 e. The van der Waals surface area contributed by atoms with Crippen LogP contribution >= 0.6 is 0 Å². The molecule has 0 saturated carbocycles. The summed E-state index contributed by atoms with van der Waals surface area (Å²) in [5, 5.41) is 5.54. The van der Waals surface area contributed by atoms with Gasteiger partial charge in [0.15, 0.2) is 0 Å². The average Bonchev–Trinajstić information content (AvgIpc) is 2.66. The van der Waals surface area contributed by atoms with E-state index in [-0.39, 0.29) is 12.0 Å². The summed E-state index contributed by atoms with van der Waals surface area (Å²) in [6.45, 7) is 9.03. The molecule has 1 N–H and O–H groups in total.